The highest BCUT2D eigenvalue weighted by Gasteiger charge is 2.20. The quantitative estimate of drug-likeness (QED) is 0.815. The van der Waals surface area contributed by atoms with Crippen LogP contribution in [0.15, 0.2) is 24.3 Å². The number of nitrogens with one attached hydrogen (secondary N) is 1. The molecule has 19 heavy (non-hydrogen) atoms. The van der Waals surface area contributed by atoms with E-state index in [0.717, 1.165) is 5.56 Å². The van der Waals surface area contributed by atoms with E-state index in [-0.39, 0.29) is 5.78 Å². The number of benzene rings is 1. The number of Topliss-reactive ketones (excluding diaryl/α,β-unsaturated/α-hetero) is 1. The molecule has 2 nitrogen and oxygen atoms in total. The van der Waals surface area contributed by atoms with Gasteiger partial charge >= 0.3 is 0 Å². The average Bonchev–Trinajstić information content (AvgIpc) is 2.87. The first-order valence-electron chi connectivity index (χ1n) is 7.69. The topological polar surface area (TPSA) is 29.1 Å². The van der Waals surface area contributed by atoms with E-state index in [1.54, 1.807) is 0 Å². The van der Waals surface area contributed by atoms with E-state index in [1.807, 2.05) is 12.1 Å². The Morgan fingerprint density at radius 3 is 2.58 bits per heavy atom. The van der Waals surface area contributed by atoms with Crippen molar-refractivity contribution in [2.75, 3.05) is 6.54 Å². The van der Waals surface area contributed by atoms with Gasteiger partial charge in [0.1, 0.15) is 0 Å². The van der Waals surface area contributed by atoms with Crippen molar-refractivity contribution in [3.8, 4) is 0 Å². The summed E-state index contributed by atoms with van der Waals surface area (Å²) in [6.07, 6.45) is 9.00. The summed E-state index contributed by atoms with van der Waals surface area (Å²) in [6.45, 7) is 0.499. The van der Waals surface area contributed by atoms with Gasteiger partial charge in [-0.2, -0.15) is 0 Å². The summed E-state index contributed by atoms with van der Waals surface area (Å²) in [5, 5.41) is 3.41. The molecule has 0 aromatic heterocycles. The third-order valence-electron chi connectivity index (χ3n) is 4.69. The Balaban J connectivity index is 1.58. The summed E-state index contributed by atoms with van der Waals surface area (Å²) in [7, 11) is 0. The van der Waals surface area contributed by atoms with Crippen molar-refractivity contribution in [3.63, 3.8) is 0 Å². The van der Waals surface area contributed by atoms with E-state index in [9.17, 15) is 4.79 Å². The monoisotopic (exact) mass is 257 g/mol. The second kappa shape index (κ2) is 5.87. The van der Waals surface area contributed by atoms with Crippen LogP contribution in [0.4, 0.5) is 0 Å². The Morgan fingerprint density at radius 1 is 1.11 bits per heavy atom. The molecule has 0 spiro atoms. The summed E-state index contributed by atoms with van der Waals surface area (Å²) >= 11 is 0. The van der Waals surface area contributed by atoms with Crippen molar-refractivity contribution in [3.05, 3.63) is 35.4 Å². The zero-order valence-corrected chi connectivity index (χ0v) is 11.5. The van der Waals surface area contributed by atoms with E-state index >= 15 is 0 Å². The fourth-order valence-electron chi connectivity index (χ4n) is 3.18. The zero-order chi connectivity index (χ0) is 13.1. The van der Waals surface area contributed by atoms with Gasteiger partial charge in [0.2, 0.25) is 0 Å². The lowest BCUT2D eigenvalue weighted by Crippen LogP contribution is -2.31. The first kappa shape index (κ1) is 12.9. The molecule has 0 atom stereocenters. The van der Waals surface area contributed by atoms with Gasteiger partial charge in [-0.15, -0.1) is 0 Å². The summed E-state index contributed by atoms with van der Waals surface area (Å²) in [5.41, 5.74) is 2.24. The highest BCUT2D eigenvalue weighted by Crippen LogP contribution is 2.36. The maximum absolute atomic E-state index is 12.2. The first-order chi connectivity index (χ1) is 9.33. The molecule has 0 radical (unpaired) electrons. The van der Waals surface area contributed by atoms with Gasteiger partial charge in [-0.1, -0.05) is 37.5 Å². The highest BCUT2D eigenvalue weighted by atomic mass is 16.1. The predicted octanol–water partition coefficient (Wildman–Crippen LogP) is 3.67. The van der Waals surface area contributed by atoms with E-state index in [0.29, 0.717) is 18.5 Å². The largest absolute Gasteiger partial charge is 0.307 e. The van der Waals surface area contributed by atoms with Gasteiger partial charge in [-0.05, 0) is 43.2 Å². The van der Waals surface area contributed by atoms with Gasteiger partial charge in [-0.25, -0.2) is 0 Å². The minimum absolute atomic E-state index is 0.244. The number of rotatable bonds is 5. The average molecular weight is 257 g/mol. The van der Waals surface area contributed by atoms with Crippen LogP contribution in [0.2, 0.25) is 0 Å². The molecule has 0 unspecified atom stereocenters. The molecule has 0 saturated heterocycles. The molecule has 0 heterocycles. The van der Waals surface area contributed by atoms with E-state index in [4.69, 9.17) is 0 Å². The van der Waals surface area contributed by atoms with E-state index in [1.165, 1.54) is 50.5 Å². The van der Waals surface area contributed by atoms with Gasteiger partial charge in [0, 0.05) is 11.6 Å². The lowest BCUT2D eigenvalue weighted by Gasteiger charge is -2.26. The first-order valence-corrected chi connectivity index (χ1v) is 7.69. The number of hydrogen-bond donors (Lipinski definition) is 1. The molecule has 2 aliphatic rings. The minimum Gasteiger partial charge on any atom is -0.307 e. The van der Waals surface area contributed by atoms with Crippen LogP contribution in [0.25, 0.3) is 0 Å². The Kier molecular flexibility index (Phi) is 3.97. The van der Waals surface area contributed by atoms with Crippen molar-refractivity contribution in [2.45, 2.75) is 56.9 Å². The van der Waals surface area contributed by atoms with Crippen molar-refractivity contribution >= 4 is 5.78 Å². The van der Waals surface area contributed by atoms with Crippen molar-refractivity contribution in [1.29, 1.82) is 0 Å². The van der Waals surface area contributed by atoms with Gasteiger partial charge in [0.25, 0.3) is 0 Å². The molecule has 2 aliphatic carbocycles. The highest BCUT2D eigenvalue weighted by molar-refractivity contribution is 5.97. The lowest BCUT2D eigenvalue weighted by molar-refractivity contribution is 0.0987. The molecule has 102 valence electrons. The molecule has 2 heteroatoms. The minimum atomic E-state index is 0.244. The molecular formula is C17H23NO. The number of hydrogen-bond acceptors (Lipinski definition) is 2. The molecule has 1 N–H and O–H groups in total. The maximum atomic E-state index is 12.2. The fourth-order valence-corrected chi connectivity index (χ4v) is 3.18. The number of carbonyl (C=O) groups is 1. The fraction of sp³-hybridized carbons (Fsp3) is 0.588. The zero-order valence-electron chi connectivity index (χ0n) is 11.5. The Hall–Kier alpha value is -1.15. The summed E-state index contributed by atoms with van der Waals surface area (Å²) in [4.78, 5) is 12.2. The van der Waals surface area contributed by atoms with Crippen LogP contribution in [0.3, 0.4) is 0 Å². The third-order valence-corrected chi connectivity index (χ3v) is 4.69. The molecule has 1 aromatic rings. The Labute approximate surface area is 115 Å². The SMILES string of the molecule is O=C(CNC1CCCC1)c1cccc(C2CCC2)c1. The van der Waals surface area contributed by atoms with Crippen molar-refractivity contribution < 1.29 is 4.79 Å². The van der Waals surface area contributed by atoms with Crippen LogP contribution in [0.5, 0.6) is 0 Å². The van der Waals surface area contributed by atoms with Gasteiger partial charge in [-0.3, -0.25) is 4.79 Å². The molecular weight excluding hydrogens is 234 g/mol. The molecule has 0 aliphatic heterocycles. The smallest absolute Gasteiger partial charge is 0.176 e. The van der Waals surface area contributed by atoms with Crippen LogP contribution >= 0.6 is 0 Å². The standard InChI is InChI=1S/C17H23NO/c19-17(12-18-16-9-1-2-10-16)15-8-4-7-14(11-15)13-5-3-6-13/h4,7-8,11,13,16,18H,1-3,5-6,9-10,12H2. The second-order valence-corrected chi connectivity index (χ2v) is 6.04. The summed E-state index contributed by atoms with van der Waals surface area (Å²) in [6, 6.07) is 8.85. The third kappa shape index (κ3) is 3.06. The van der Waals surface area contributed by atoms with Crippen molar-refractivity contribution in [1.82, 2.24) is 5.32 Å². The Morgan fingerprint density at radius 2 is 1.89 bits per heavy atom. The van der Waals surface area contributed by atoms with Gasteiger partial charge in [0.05, 0.1) is 6.54 Å². The molecule has 2 saturated carbocycles. The molecule has 1 aromatic carbocycles. The van der Waals surface area contributed by atoms with E-state index < -0.39 is 0 Å². The summed E-state index contributed by atoms with van der Waals surface area (Å²) in [5.74, 6) is 0.948. The van der Waals surface area contributed by atoms with Crippen molar-refractivity contribution in [2.24, 2.45) is 0 Å². The van der Waals surface area contributed by atoms with Crippen LogP contribution in [0, 0.1) is 0 Å². The molecule has 3 rings (SSSR count). The van der Waals surface area contributed by atoms with Crippen LogP contribution in [-0.2, 0) is 0 Å². The lowest BCUT2D eigenvalue weighted by atomic mass is 9.79. The molecule has 2 fully saturated rings. The predicted molar refractivity (Wildman–Crippen MR) is 77.6 cm³/mol. The number of ketones is 1. The molecule has 0 bridgehead atoms. The van der Waals surface area contributed by atoms with Crippen LogP contribution in [0.1, 0.15) is 66.8 Å². The normalized spacial score (nSPS) is 20.4. The Bertz CT molecular complexity index is 444. The van der Waals surface area contributed by atoms with Crippen LogP contribution in [-0.4, -0.2) is 18.4 Å². The number of carbonyl (C=O) groups excluding carboxylic acids is 1. The second-order valence-electron chi connectivity index (χ2n) is 6.04. The van der Waals surface area contributed by atoms with Gasteiger partial charge in [0.15, 0.2) is 5.78 Å². The van der Waals surface area contributed by atoms with Gasteiger partial charge < -0.3 is 5.32 Å². The summed E-state index contributed by atoms with van der Waals surface area (Å²) < 4.78 is 0. The maximum Gasteiger partial charge on any atom is 0.176 e. The molecule has 0 amide bonds. The van der Waals surface area contributed by atoms with Crippen LogP contribution < -0.4 is 5.32 Å². The van der Waals surface area contributed by atoms with E-state index in [2.05, 4.69) is 17.4 Å².